The molecule has 0 bridgehead atoms. The third-order valence-electron chi connectivity index (χ3n) is 4.25. The quantitative estimate of drug-likeness (QED) is 0.834. The largest absolute Gasteiger partial charge is 0.385 e. The van der Waals surface area contributed by atoms with Crippen molar-refractivity contribution in [2.45, 2.75) is 58.9 Å². The molecular weight excluding hydrogens is 262 g/mol. The van der Waals surface area contributed by atoms with Gasteiger partial charge >= 0.3 is 0 Å². The first kappa shape index (κ1) is 15.8. The van der Waals surface area contributed by atoms with Gasteiger partial charge in [0.1, 0.15) is 0 Å². The van der Waals surface area contributed by atoms with Gasteiger partial charge in [0, 0.05) is 24.5 Å². The first-order valence-electron chi connectivity index (χ1n) is 8.11. The molecule has 1 aromatic rings. The summed E-state index contributed by atoms with van der Waals surface area (Å²) in [5, 5.41) is 6.45. The van der Waals surface area contributed by atoms with Crippen LogP contribution < -0.4 is 10.6 Å². The van der Waals surface area contributed by atoms with Crippen LogP contribution in [0.4, 0.5) is 5.69 Å². The Morgan fingerprint density at radius 2 is 2.14 bits per heavy atom. The highest BCUT2D eigenvalue weighted by Crippen LogP contribution is 2.23. The lowest BCUT2D eigenvalue weighted by Gasteiger charge is -2.18. The van der Waals surface area contributed by atoms with Gasteiger partial charge in [-0.3, -0.25) is 9.78 Å². The molecule has 1 heterocycles. The van der Waals surface area contributed by atoms with E-state index in [1.807, 2.05) is 19.9 Å². The molecule has 1 saturated carbocycles. The summed E-state index contributed by atoms with van der Waals surface area (Å²) in [5.74, 6) is 0.781. The molecule has 0 saturated heterocycles. The molecule has 1 fully saturated rings. The molecule has 21 heavy (non-hydrogen) atoms. The van der Waals surface area contributed by atoms with Crippen molar-refractivity contribution in [3.63, 3.8) is 0 Å². The van der Waals surface area contributed by atoms with Crippen LogP contribution in [0.5, 0.6) is 0 Å². The van der Waals surface area contributed by atoms with Crippen LogP contribution in [0.2, 0.25) is 0 Å². The number of carbonyl (C=O) groups excluding carboxylic acids is 1. The number of nitrogens with zero attached hydrogens (tertiary/aromatic N) is 1. The number of hydrogen-bond donors (Lipinski definition) is 2. The number of amides is 1. The molecule has 4 heteroatoms. The lowest BCUT2D eigenvalue weighted by molar-refractivity contribution is 0.0933. The summed E-state index contributed by atoms with van der Waals surface area (Å²) in [6, 6.07) is 2.24. The highest BCUT2D eigenvalue weighted by atomic mass is 16.1. The molecule has 0 aliphatic heterocycles. The van der Waals surface area contributed by atoms with E-state index < -0.39 is 0 Å². The normalized spacial score (nSPS) is 22.4. The van der Waals surface area contributed by atoms with Crippen molar-refractivity contribution < 1.29 is 4.79 Å². The number of aryl methyl sites for hydroxylation is 1. The second-order valence-electron chi connectivity index (χ2n) is 6.19. The van der Waals surface area contributed by atoms with E-state index in [0.29, 0.717) is 11.6 Å². The summed E-state index contributed by atoms with van der Waals surface area (Å²) < 4.78 is 0. The standard InChI is InChI=1S/C17H27N3O/c1-4-18-16-10-13(3)19-11-15(16)17(21)20-14-7-5-6-12(2)8-9-14/h10-12,14H,4-9H2,1-3H3,(H,18,19)(H,20,21). The van der Waals surface area contributed by atoms with Gasteiger partial charge in [0.15, 0.2) is 0 Å². The van der Waals surface area contributed by atoms with Gasteiger partial charge in [0.05, 0.1) is 11.3 Å². The zero-order valence-electron chi connectivity index (χ0n) is 13.4. The Morgan fingerprint density at radius 1 is 1.33 bits per heavy atom. The van der Waals surface area contributed by atoms with Crippen LogP contribution in [0.25, 0.3) is 0 Å². The van der Waals surface area contributed by atoms with Gasteiger partial charge in [-0.2, -0.15) is 0 Å². The molecule has 0 aromatic carbocycles. The molecule has 0 spiro atoms. The Hall–Kier alpha value is -1.58. The fourth-order valence-corrected chi connectivity index (χ4v) is 2.97. The molecule has 2 atom stereocenters. The molecule has 116 valence electrons. The number of aromatic nitrogens is 1. The van der Waals surface area contributed by atoms with E-state index in [0.717, 1.165) is 36.7 Å². The fourth-order valence-electron chi connectivity index (χ4n) is 2.97. The summed E-state index contributed by atoms with van der Waals surface area (Å²) in [5.41, 5.74) is 2.45. The van der Waals surface area contributed by atoms with Gasteiger partial charge in [0.2, 0.25) is 0 Å². The lowest BCUT2D eigenvalue weighted by Crippen LogP contribution is -2.35. The maximum absolute atomic E-state index is 12.5. The van der Waals surface area contributed by atoms with Crippen molar-refractivity contribution in [1.29, 1.82) is 0 Å². The predicted octanol–water partition coefficient (Wildman–Crippen LogP) is 3.52. The third-order valence-corrected chi connectivity index (χ3v) is 4.25. The Balaban J connectivity index is 2.05. The Kier molecular flexibility index (Phi) is 5.59. The van der Waals surface area contributed by atoms with Crippen LogP contribution in [0, 0.1) is 12.8 Å². The molecule has 1 amide bonds. The van der Waals surface area contributed by atoms with Gasteiger partial charge in [-0.15, -0.1) is 0 Å². The Morgan fingerprint density at radius 3 is 2.90 bits per heavy atom. The number of pyridine rings is 1. The van der Waals surface area contributed by atoms with E-state index in [1.54, 1.807) is 6.20 Å². The zero-order valence-corrected chi connectivity index (χ0v) is 13.4. The molecule has 1 aromatic heterocycles. The van der Waals surface area contributed by atoms with Crippen molar-refractivity contribution in [1.82, 2.24) is 10.3 Å². The number of hydrogen-bond acceptors (Lipinski definition) is 3. The van der Waals surface area contributed by atoms with Crippen LogP contribution in [-0.2, 0) is 0 Å². The molecule has 2 N–H and O–H groups in total. The van der Waals surface area contributed by atoms with E-state index in [-0.39, 0.29) is 5.91 Å². The molecule has 0 radical (unpaired) electrons. The van der Waals surface area contributed by atoms with E-state index in [9.17, 15) is 4.79 Å². The number of nitrogens with one attached hydrogen (secondary N) is 2. The van der Waals surface area contributed by atoms with Gasteiger partial charge in [-0.05, 0) is 45.1 Å². The second kappa shape index (κ2) is 7.43. The van der Waals surface area contributed by atoms with Crippen LogP contribution in [0.1, 0.15) is 62.0 Å². The van der Waals surface area contributed by atoms with Gasteiger partial charge < -0.3 is 10.6 Å². The van der Waals surface area contributed by atoms with Crippen molar-refractivity contribution >= 4 is 11.6 Å². The van der Waals surface area contributed by atoms with Gasteiger partial charge in [-0.1, -0.05) is 19.8 Å². The van der Waals surface area contributed by atoms with E-state index in [4.69, 9.17) is 0 Å². The first-order chi connectivity index (χ1) is 10.1. The molecule has 1 aliphatic rings. The molecule has 4 nitrogen and oxygen atoms in total. The number of carbonyl (C=O) groups is 1. The average molecular weight is 289 g/mol. The van der Waals surface area contributed by atoms with E-state index in [1.165, 1.54) is 19.3 Å². The van der Waals surface area contributed by atoms with E-state index >= 15 is 0 Å². The maximum atomic E-state index is 12.5. The van der Waals surface area contributed by atoms with E-state index in [2.05, 4.69) is 22.5 Å². The topological polar surface area (TPSA) is 54.0 Å². The van der Waals surface area contributed by atoms with Gasteiger partial charge in [0.25, 0.3) is 5.91 Å². The van der Waals surface area contributed by atoms with Crippen molar-refractivity contribution in [3.05, 3.63) is 23.5 Å². The van der Waals surface area contributed by atoms with Gasteiger partial charge in [-0.25, -0.2) is 0 Å². The lowest BCUT2D eigenvalue weighted by atomic mass is 10.0. The molecule has 1 aliphatic carbocycles. The first-order valence-corrected chi connectivity index (χ1v) is 8.11. The Labute approximate surface area is 127 Å². The van der Waals surface area contributed by atoms with Crippen LogP contribution in [0.15, 0.2) is 12.3 Å². The smallest absolute Gasteiger partial charge is 0.255 e. The van der Waals surface area contributed by atoms with Crippen LogP contribution in [-0.4, -0.2) is 23.5 Å². The van der Waals surface area contributed by atoms with Crippen LogP contribution >= 0.6 is 0 Å². The Bertz CT molecular complexity index is 487. The summed E-state index contributed by atoms with van der Waals surface area (Å²) in [4.78, 5) is 16.8. The van der Waals surface area contributed by atoms with Crippen molar-refractivity contribution in [2.24, 2.45) is 5.92 Å². The molecule has 2 unspecified atom stereocenters. The third kappa shape index (κ3) is 4.45. The summed E-state index contributed by atoms with van der Waals surface area (Å²) in [6.07, 6.45) is 7.55. The number of anilines is 1. The zero-order chi connectivity index (χ0) is 15.2. The average Bonchev–Trinajstić information content (AvgIpc) is 2.64. The SMILES string of the molecule is CCNc1cc(C)ncc1C(=O)NC1CCCC(C)CC1. The summed E-state index contributed by atoms with van der Waals surface area (Å²) in [7, 11) is 0. The van der Waals surface area contributed by atoms with Crippen molar-refractivity contribution in [3.8, 4) is 0 Å². The summed E-state index contributed by atoms with van der Waals surface area (Å²) >= 11 is 0. The monoisotopic (exact) mass is 289 g/mol. The molecular formula is C17H27N3O. The van der Waals surface area contributed by atoms with Crippen molar-refractivity contribution in [2.75, 3.05) is 11.9 Å². The second-order valence-corrected chi connectivity index (χ2v) is 6.19. The minimum absolute atomic E-state index is 0.00185. The molecule has 2 rings (SSSR count). The minimum atomic E-state index is -0.00185. The predicted molar refractivity (Wildman–Crippen MR) is 86.6 cm³/mol. The minimum Gasteiger partial charge on any atom is -0.385 e. The van der Waals surface area contributed by atoms with Crippen LogP contribution in [0.3, 0.4) is 0 Å². The highest BCUT2D eigenvalue weighted by Gasteiger charge is 2.20. The summed E-state index contributed by atoms with van der Waals surface area (Å²) in [6.45, 7) is 7.07. The number of rotatable bonds is 4. The maximum Gasteiger partial charge on any atom is 0.255 e. The highest BCUT2D eigenvalue weighted by molar-refractivity contribution is 5.99. The fraction of sp³-hybridized carbons (Fsp3) is 0.647.